The van der Waals surface area contributed by atoms with Gasteiger partial charge in [-0.2, -0.15) is 8.42 Å². The second kappa shape index (κ2) is 5.23. The van der Waals surface area contributed by atoms with Crippen LogP contribution in [0.25, 0.3) is 0 Å². The Labute approximate surface area is 83.2 Å². The minimum atomic E-state index is -2.52. The van der Waals surface area contributed by atoms with E-state index in [1.807, 2.05) is 6.07 Å². The van der Waals surface area contributed by atoms with Crippen LogP contribution in [0.5, 0.6) is 0 Å². The number of aryl methyl sites for hydroxylation is 1. The average Bonchev–Trinajstić information content (AvgIpc) is 2.15. The number of carbonyl (C=O) groups is 1. The van der Waals surface area contributed by atoms with Gasteiger partial charge < -0.3 is 0 Å². The van der Waals surface area contributed by atoms with Gasteiger partial charge in [0.1, 0.15) is 0 Å². The van der Waals surface area contributed by atoms with Crippen LogP contribution in [0, 0.1) is 0 Å². The Morgan fingerprint density at radius 2 is 2.29 bits per heavy atom. The molecule has 75 valence electrons. The molecule has 14 heavy (non-hydrogen) atoms. The third-order valence-electron chi connectivity index (χ3n) is 1.56. The minimum Gasteiger partial charge on any atom is -0.274 e. The van der Waals surface area contributed by atoms with Gasteiger partial charge in [0, 0.05) is 18.8 Å². The first-order valence-electron chi connectivity index (χ1n) is 3.96. The highest BCUT2D eigenvalue weighted by atomic mass is 32.2. The molecular formula is C8H9N2O3S. The number of aromatic nitrogens is 1. The number of hydrogen-bond acceptors (Lipinski definition) is 4. The summed E-state index contributed by atoms with van der Waals surface area (Å²) in [4.78, 5) is 14.8. The van der Waals surface area contributed by atoms with Gasteiger partial charge in [0.05, 0.1) is 0 Å². The van der Waals surface area contributed by atoms with E-state index in [-0.39, 0.29) is 6.42 Å². The van der Waals surface area contributed by atoms with Crippen LogP contribution in [0.2, 0.25) is 0 Å². The Bertz CT molecular complexity index is 367. The first-order valence-corrected chi connectivity index (χ1v) is 5.03. The summed E-state index contributed by atoms with van der Waals surface area (Å²) in [5.74, 6) is -0.512. The van der Waals surface area contributed by atoms with Crippen molar-refractivity contribution >= 4 is 16.8 Å². The maximum atomic E-state index is 10.9. The molecule has 1 aromatic heterocycles. The van der Waals surface area contributed by atoms with Gasteiger partial charge in [-0.1, -0.05) is 6.07 Å². The molecule has 0 bridgehead atoms. The summed E-state index contributed by atoms with van der Waals surface area (Å²) in [5.41, 5.74) is 0.902. The lowest BCUT2D eigenvalue weighted by Gasteiger charge is -1.97. The average molecular weight is 213 g/mol. The molecule has 0 unspecified atom stereocenters. The van der Waals surface area contributed by atoms with Gasteiger partial charge in [0.15, 0.2) is 0 Å². The van der Waals surface area contributed by atoms with Crippen molar-refractivity contribution in [1.29, 1.82) is 0 Å². The topological polar surface area (TPSA) is 76.1 Å². The first kappa shape index (κ1) is 10.5. The van der Waals surface area contributed by atoms with Crippen molar-refractivity contribution in [2.75, 3.05) is 0 Å². The van der Waals surface area contributed by atoms with Gasteiger partial charge >= 0.3 is 0 Å². The van der Waals surface area contributed by atoms with Gasteiger partial charge in [-0.15, -0.1) is 0 Å². The van der Waals surface area contributed by atoms with E-state index in [1.54, 1.807) is 23.2 Å². The zero-order valence-corrected chi connectivity index (χ0v) is 8.12. The molecule has 1 amide bonds. The summed E-state index contributed by atoms with van der Waals surface area (Å²) in [6.45, 7) is 0. The van der Waals surface area contributed by atoms with E-state index >= 15 is 0 Å². The highest BCUT2D eigenvalue weighted by Gasteiger charge is 2.02. The highest BCUT2D eigenvalue weighted by molar-refractivity contribution is 7.71. The zero-order chi connectivity index (χ0) is 10.4. The number of carbonyl (C=O) groups excluding carboxylic acids is 1. The van der Waals surface area contributed by atoms with E-state index < -0.39 is 16.8 Å². The fraction of sp³-hybridized carbons (Fsp3) is 0.250. The maximum absolute atomic E-state index is 10.9. The third-order valence-corrected chi connectivity index (χ3v) is 1.96. The molecule has 1 aromatic rings. The summed E-state index contributed by atoms with van der Waals surface area (Å²) >= 11 is 0. The summed E-state index contributed by atoms with van der Waals surface area (Å²) < 4.78 is 21.9. The maximum Gasteiger partial charge on any atom is 0.295 e. The second-order valence-electron chi connectivity index (χ2n) is 2.62. The third kappa shape index (κ3) is 3.90. The molecular weight excluding hydrogens is 204 g/mol. The molecule has 1 radical (unpaired) electrons. The lowest BCUT2D eigenvalue weighted by molar-refractivity contribution is -0.119. The van der Waals surface area contributed by atoms with E-state index in [4.69, 9.17) is 0 Å². The summed E-state index contributed by atoms with van der Waals surface area (Å²) in [6.07, 6.45) is 3.90. The Morgan fingerprint density at radius 1 is 1.50 bits per heavy atom. The largest absolute Gasteiger partial charge is 0.295 e. The van der Waals surface area contributed by atoms with Crippen LogP contribution in [0.4, 0.5) is 0 Å². The molecule has 0 saturated carbocycles. The molecule has 6 heteroatoms. The predicted molar refractivity (Wildman–Crippen MR) is 49.6 cm³/mol. The number of hydrogen-bond donors (Lipinski definition) is 1. The highest BCUT2D eigenvalue weighted by Crippen LogP contribution is 1.99. The molecule has 0 fully saturated rings. The predicted octanol–water partition coefficient (Wildman–Crippen LogP) is -0.0755. The van der Waals surface area contributed by atoms with Gasteiger partial charge in [0.25, 0.3) is 10.9 Å². The van der Waals surface area contributed by atoms with Crippen LogP contribution in [0.3, 0.4) is 0 Å². The van der Waals surface area contributed by atoms with Crippen molar-refractivity contribution in [2.24, 2.45) is 0 Å². The number of rotatable bonds is 4. The van der Waals surface area contributed by atoms with E-state index in [2.05, 4.69) is 4.98 Å². The summed E-state index contributed by atoms with van der Waals surface area (Å²) in [6, 6.07) is 3.59. The van der Waals surface area contributed by atoms with Crippen LogP contribution in [0.15, 0.2) is 24.5 Å². The number of nitrogens with zero attached hydrogens (tertiary/aromatic N) is 1. The molecule has 0 spiro atoms. The van der Waals surface area contributed by atoms with E-state index in [0.29, 0.717) is 6.42 Å². The van der Waals surface area contributed by atoms with Crippen LogP contribution < -0.4 is 4.72 Å². The molecule has 1 heterocycles. The Morgan fingerprint density at radius 3 is 2.86 bits per heavy atom. The van der Waals surface area contributed by atoms with Crippen molar-refractivity contribution in [3.05, 3.63) is 30.1 Å². The second-order valence-corrected chi connectivity index (χ2v) is 3.29. The molecule has 0 aliphatic heterocycles. The molecule has 0 aromatic carbocycles. The van der Waals surface area contributed by atoms with E-state index in [0.717, 1.165) is 5.56 Å². The van der Waals surface area contributed by atoms with Gasteiger partial charge in [0.2, 0.25) is 5.91 Å². The smallest absolute Gasteiger partial charge is 0.274 e. The Balaban J connectivity index is 2.38. The van der Waals surface area contributed by atoms with Gasteiger partial charge in [-0.25, -0.2) is 4.72 Å². The minimum absolute atomic E-state index is 0.139. The molecule has 0 aliphatic rings. The monoisotopic (exact) mass is 213 g/mol. The van der Waals surface area contributed by atoms with Gasteiger partial charge in [-0.3, -0.25) is 9.78 Å². The molecule has 0 aliphatic carbocycles. The van der Waals surface area contributed by atoms with Crippen LogP contribution in [-0.4, -0.2) is 19.3 Å². The summed E-state index contributed by atoms with van der Waals surface area (Å²) in [5, 5.41) is 0. The van der Waals surface area contributed by atoms with Crippen molar-refractivity contribution in [1.82, 2.24) is 9.71 Å². The Kier molecular flexibility index (Phi) is 3.93. The van der Waals surface area contributed by atoms with Crippen molar-refractivity contribution in [3.8, 4) is 0 Å². The molecule has 0 saturated heterocycles. The van der Waals surface area contributed by atoms with Crippen LogP contribution in [0.1, 0.15) is 12.0 Å². The number of nitrogens with one attached hydrogen (secondary N) is 1. The van der Waals surface area contributed by atoms with E-state index in [9.17, 15) is 13.2 Å². The first-order chi connectivity index (χ1) is 6.68. The fourth-order valence-electron chi connectivity index (χ4n) is 0.948. The zero-order valence-electron chi connectivity index (χ0n) is 7.30. The molecule has 5 nitrogen and oxygen atoms in total. The fourth-order valence-corrected chi connectivity index (χ4v) is 1.24. The van der Waals surface area contributed by atoms with Crippen molar-refractivity contribution < 1.29 is 13.2 Å². The van der Waals surface area contributed by atoms with Gasteiger partial charge in [-0.05, 0) is 18.1 Å². The normalized spacial score (nSPS) is 9.43. The van der Waals surface area contributed by atoms with Crippen molar-refractivity contribution in [2.45, 2.75) is 12.8 Å². The van der Waals surface area contributed by atoms with Crippen LogP contribution in [-0.2, 0) is 22.1 Å². The Hall–Kier alpha value is -1.56. The number of pyridine rings is 1. The molecule has 1 N–H and O–H groups in total. The summed E-state index contributed by atoms with van der Waals surface area (Å²) in [7, 11) is -2.52. The van der Waals surface area contributed by atoms with Crippen LogP contribution >= 0.6 is 0 Å². The molecule has 1 rings (SSSR count). The lowest BCUT2D eigenvalue weighted by atomic mass is 10.1. The quantitative estimate of drug-likeness (QED) is 0.759. The lowest BCUT2D eigenvalue weighted by Crippen LogP contribution is -2.21. The SMILES string of the molecule is O=C(CCc1cccnc1)N[S](=O)=O. The van der Waals surface area contributed by atoms with E-state index in [1.165, 1.54) is 0 Å². The van der Waals surface area contributed by atoms with Crippen molar-refractivity contribution in [3.63, 3.8) is 0 Å². The number of amides is 1. The standard InChI is InChI=1S/C8H9N2O3S/c11-8(10-14(12)13)4-3-7-2-1-5-9-6-7/h1-2,5-6H,3-4H2,(H,10,11,12,13). The molecule has 0 atom stereocenters.